The number of aliphatic hydroxyl groups is 1. The molecular formula is C13H24N2O2. The maximum Gasteiger partial charge on any atom is 0.223 e. The van der Waals surface area contributed by atoms with E-state index < -0.39 is 0 Å². The summed E-state index contributed by atoms with van der Waals surface area (Å²) in [5.41, 5.74) is 0. The molecule has 2 unspecified atom stereocenters. The molecule has 1 saturated heterocycles. The van der Waals surface area contributed by atoms with Crippen LogP contribution in [0.4, 0.5) is 0 Å². The lowest BCUT2D eigenvalue weighted by atomic mass is 9.89. The first kappa shape index (κ1) is 12.8. The number of aliphatic hydroxyl groups excluding tert-OH is 1. The molecular weight excluding hydrogens is 216 g/mol. The van der Waals surface area contributed by atoms with Gasteiger partial charge in [-0.3, -0.25) is 4.79 Å². The van der Waals surface area contributed by atoms with Crippen molar-refractivity contribution in [1.29, 1.82) is 0 Å². The van der Waals surface area contributed by atoms with Gasteiger partial charge >= 0.3 is 0 Å². The van der Waals surface area contributed by atoms with Crippen LogP contribution in [0.25, 0.3) is 0 Å². The quantitative estimate of drug-likeness (QED) is 0.669. The van der Waals surface area contributed by atoms with Crippen LogP contribution in [-0.4, -0.2) is 35.7 Å². The standard InChI is InChI=1S/C13H24N2O2/c1-9-8-10(6-7-14-9)13(17)15-11-4-2-3-5-12(11)16/h9-12,14,16H,2-8H2,1H3,(H,15,17)/t9?,10?,11-,12-/m0/s1. The first-order valence-corrected chi connectivity index (χ1v) is 6.88. The van der Waals surface area contributed by atoms with E-state index in [1.54, 1.807) is 0 Å². The van der Waals surface area contributed by atoms with E-state index in [2.05, 4.69) is 17.6 Å². The number of hydrogen-bond donors (Lipinski definition) is 3. The lowest BCUT2D eigenvalue weighted by Crippen LogP contribution is -2.49. The van der Waals surface area contributed by atoms with Gasteiger partial charge in [-0.15, -0.1) is 0 Å². The second-order valence-corrected chi connectivity index (χ2v) is 5.54. The molecule has 4 nitrogen and oxygen atoms in total. The van der Waals surface area contributed by atoms with Crippen LogP contribution in [0.15, 0.2) is 0 Å². The van der Waals surface area contributed by atoms with Crippen LogP contribution in [0.5, 0.6) is 0 Å². The monoisotopic (exact) mass is 240 g/mol. The maximum atomic E-state index is 12.1. The third-order valence-electron chi connectivity index (χ3n) is 4.05. The van der Waals surface area contributed by atoms with Crippen LogP contribution in [0, 0.1) is 5.92 Å². The molecule has 1 heterocycles. The smallest absolute Gasteiger partial charge is 0.223 e. The molecule has 2 fully saturated rings. The molecule has 0 radical (unpaired) electrons. The Morgan fingerprint density at radius 2 is 2.06 bits per heavy atom. The minimum absolute atomic E-state index is 0.0126. The van der Waals surface area contributed by atoms with E-state index in [-0.39, 0.29) is 24.0 Å². The number of carbonyl (C=O) groups is 1. The summed E-state index contributed by atoms with van der Waals surface area (Å²) in [7, 11) is 0. The van der Waals surface area contributed by atoms with Crippen molar-refractivity contribution in [2.45, 2.75) is 63.6 Å². The van der Waals surface area contributed by atoms with Gasteiger partial charge in [-0.2, -0.15) is 0 Å². The van der Waals surface area contributed by atoms with Gasteiger partial charge < -0.3 is 15.7 Å². The van der Waals surface area contributed by atoms with Crippen molar-refractivity contribution in [3.8, 4) is 0 Å². The van der Waals surface area contributed by atoms with E-state index in [1.807, 2.05) is 0 Å². The predicted octanol–water partition coefficient (Wildman–Crippen LogP) is 0.794. The Morgan fingerprint density at radius 1 is 1.29 bits per heavy atom. The van der Waals surface area contributed by atoms with Crippen molar-refractivity contribution < 1.29 is 9.90 Å². The molecule has 98 valence electrons. The summed E-state index contributed by atoms with van der Waals surface area (Å²) in [6.07, 6.45) is 5.43. The van der Waals surface area contributed by atoms with E-state index >= 15 is 0 Å². The van der Waals surface area contributed by atoms with E-state index in [0.717, 1.165) is 45.1 Å². The number of rotatable bonds is 2. The van der Waals surface area contributed by atoms with Crippen LogP contribution >= 0.6 is 0 Å². The summed E-state index contributed by atoms with van der Waals surface area (Å²) < 4.78 is 0. The van der Waals surface area contributed by atoms with Crippen LogP contribution in [0.2, 0.25) is 0 Å². The lowest BCUT2D eigenvalue weighted by Gasteiger charge is -2.32. The molecule has 3 N–H and O–H groups in total. The van der Waals surface area contributed by atoms with Gasteiger partial charge in [-0.05, 0) is 39.2 Å². The van der Waals surface area contributed by atoms with E-state index in [1.165, 1.54) is 0 Å². The van der Waals surface area contributed by atoms with Crippen molar-refractivity contribution in [2.75, 3.05) is 6.54 Å². The minimum atomic E-state index is -0.341. The molecule has 0 aromatic rings. The summed E-state index contributed by atoms with van der Waals surface area (Å²) in [6.45, 7) is 3.04. The molecule has 0 aromatic carbocycles. The topological polar surface area (TPSA) is 61.4 Å². The summed E-state index contributed by atoms with van der Waals surface area (Å²) in [5, 5.41) is 16.2. The highest BCUT2D eigenvalue weighted by atomic mass is 16.3. The van der Waals surface area contributed by atoms with E-state index in [0.29, 0.717) is 6.04 Å². The highest BCUT2D eigenvalue weighted by Gasteiger charge is 2.29. The van der Waals surface area contributed by atoms with Crippen molar-refractivity contribution in [3.63, 3.8) is 0 Å². The first-order valence-electron chi connectivity index (χ1n) is 6.88. The summed E-state index contributed by atoms with van der Waals surface area (Å²) in [6, 6.07) is 0.414. The molecule has 0 aromatic heterocycles. The van der Waals surface area contributed by atoms with Gasteiger partial charge in [0.25, 0.3) is 0 Å². The highest BCUT2D eigenvalue weighted by Crippen LogP contribution is 2.21. The summed E-state index contributed by atoms with van der Waals surface area (Å²) in [5.74, 6) is 0.268. The van der Waals surface area contributed by atoms with Crippen LogP contribution in [0.1, 0.15) is 45.4 Å². The zero-order valence-electron chi connectivity index (χ0n) is 10.6. The molecule has 17 heavy (non-hydrogen) atoms. The molecule has 0 bridgehead atoms. The SMILES string of the molecule is CC1CC(C(=O)N[C@H]2CCCC[C@@H]2O)CCN1. The van der Waals surface area contributed by atoms with Crippen LogP contribution in [0.3, 0.4) is 0 Å². The van der Waals surface area contributed by atoms with Gasteiger partial charge in [0.05, 0.1) is 12.1 Å². The van der Waals surface area contributed by atoms with E-state index in [4.69, 9.17) is 0 Å². The Kier molecular flexibility index (Phi) is 4.40. The number of hydrogen-bond acceptors (Lipinski definition) is 3. The second-order valence-electron chi connectivity index (χ2n) is 5.54. The molecule has 2 rings (SSSR count). The Morgan fingerprint density at radius 3 is 2.76 bits per heavy atom. The number of nitrogens with one attached hydrogen (secondary N) is 2. The van der Waals surface area contributed by atoms with Gasteiger partial charge in [0, 0.05) is 12.0 Å². The van der Waals surface area contributed by atoms with E-state index in [9.17, 15) is 9.90 Å². The normalized spacial score (nSPS) is 38.7. The van der Waals surface area contributed by atoms with Crippen LogP contribution in [-0.2, 0) is 4.79 Å². The average Bonchev–Trinajstić information content (AvgIpc) is 2.32. The second kappa shape index (κ2) is 5.83. The molecule has 1 amide bonds. The number of piperidine rings is 1. The Bertz CT molecular complexity index is 270. The van der Waals surface area contributed by atoms with Gasteiger partial charge in [-0.1, -0.05) is 12.8 Å². The number of amides is 1. The predicted molar refractivity (Wildman–Crippen MR) is 66.6 cm³/mol. The average molecular weight is 240 g/mol. The largest absolute Gasteiger partial charge is 0.391 e. The fourth-order valence-corrected chi connectivity index (χ4v) is 2.95. The van der Waals surface area contributed by atoms with Crippen molar-refractivity contribution in [3.05, 3.63) is 0 Å². The molecule has 1 saturated carbocycles. The molecule has 1 aliphatic carbocycles. The third-order valence-corrected chi connectivity index (χ3v) is 4.05. The Labute approximate surface area is 103 Å². The Balaban J connectivity index is 1.83. The van der Waals surface area contributed by atoms with Crippen molar-refractivity contribution in [1.82, 2.24) is 10.6 Å². The van der Waals surface area contributed by atoms with Gasteiger partial charge in [0.1, 0.15) is 0 Å². The summed E-state index contributed by atoms with van der Waals surface area (Å²) in [4.78, 5) is 12.1. The van der Waals surface area contributed by atoms with Gasteiger partial charge in [0.15, 0.2) is 0 Å². The molecule has 0 spiro atoms. The zero-order chi connectivity index (χ0) is 12.3. The fourth-order valence-electron chi connectivity index (χ4n) is 2.95. The minimum Gasteiger partial charge on any atom is -0.391 e. The fraction of sp³-hybridized carbons (Fsp3) is 0.923. The van der Waals surface area contributed by atoms with Crippen molar-refractivity contribution >= 4 is 5.91 Å². The van der Waals surface area contributed by atoms with Gasteiger partial charge in [-0.25, -0.2) is 0 Å². The molecule has 4 atom stereocenters. The third kappa shape index (κ3) is 3.42. The first-order chi connectivity index (χ1) is 8.16. The summed E-state index contributed by atoms with van der Waals surface area (Å²) >= 11 is 0. The highest BCUT2D eigenvalue weighted by molar-refractivity contribution is 5.79. The molecule has 1 aliphatic heterocycles. The zero-order valence-corrected chi connectivity index (χ0v) is 10.6. The Hall–Kier alpha value is -0.610. The maximum absolute atomic E-state index is 12.1. The molecule has 2 aliphatic rings. The lowest BCUT2D eigenvalue weighted by molar-refractivity contribution is -0.128. The van der Waals surface area contributed by atoms with Gasteiger partial charge in [0.2, 0.25) is 5.91 Å². The van der Waals surface area contributed by atoms with Crippen molar-refractivity contribution in [2.24, 2.45) is 5.92 Å². The molecule has 4 heteroatoms. The number of carbonyl (C=O) groups excluding carboxylic acids is 1. The van der Waals surface area contributed by atoms with Crippen LogP contribution < -0.4 is 10.6 Å².